The van der Waals surface area contributed by atoms with Crippen molar-refractivity contribution in [3.05, 3.63) is 23.5 Å². The number of ether oxygens (including phenoxy) is 1. The topological polar surface area (TPSA) is 90.4 Å². The minimum absolute atomic E-state index is 0.0446. The van der Waals surface area contributed by atoms with Gasteiger partial charge < -0.3 is 21.5 Å². The Hall–Kier alpha value is -1.82. The number of rotatable bonds is 4. The number of carbonyl (C=O) groups is 1. The van der Waals surface area contributed by atoms with Gasteiger partial charge in [-0.25, -0.2) is 4.39 Å². The van der Waals surface area contributed by atoms with Gasteiger partial charge in [-0.1, -0.05) is 13.8 Å². The lowest BCUT2D eigenvalue weighted by molar-refractivity contribution is -0.0795. The molecule has 0 spiro atoms. The van der Waals surface area contributed by atoms with Gasteiger partial charge in [-0.15, -0.1) is 0 Å². The van der Waals surface area contributed by atoms with Gasteiger partial charge in [-0.05, 0) is 18.6 Å². The number of hydrogen-bond donors (Lipinski definition) is 3. The summed E-state index contributed by atoms with van der Waals surface area (Å²) in [4.78, 5) is 11.3. The second kappa shape index (κ2) is 4.94. The first-order valence-electron chi connectivity index (χ1n) is 6.45. The van der Waals surface area contributed by atoms with Crippen LogP contribution < -0.4 is 16.8 Å². The van der Waals surface area contributed by atoms with E-state index in [1.54, 1.807) is 7.11 Å². The number of hydrogen-bond acceptors (Lipinski definition) is 4. The highest BCUT2D eigenvalue weighted by Crippen LogP contribution is 2.44. The van der Waals surface area contributed by atoms with Crippen LogP contribution in [-0.4, -0.2) is 25.2 Å². The van der Waals surface area contributed by atoms with Gasteiger partial charge in [0.2, 0.25) is 0 Å². The second-order valence-electron chi connectivity index (χ2n) is 5.76. The zero-order valence-corrected chi connectivity index (χ0v) is 11.9. The van der Waals surface area contributed by atoms with Crippen LogP contribution in [0.25, 0.3) is 0 Å². The Morgan fingerprint density at radius 1 is 1.50 bits per heavy atom. The zero-order chi connectivity index (χ0) is 15.1. The Morgan fingerprint density at radius 3 is 2.65 bits per heavy atom. The molecule has 0 heterocycles. The van der Waals surface area contributed by atoms with Gasteiger partial charge in [0.15, 0.2) is 0 Å². The molecule has 1 aromatic rings. The number of halogens is 1. The van der Waals surface area contributed by atoms with E-state index >= 15 is 0 Å². The van der Waals surface area contributed by atoms with Crippen LogP contribution in [0.4, 0.5) is 15.8 Å². The Kier molecular flexibility index (Phi) is 3.60. The average Bonchev–Trinajstić information content (AvgIpc) is 2.35. The number of methoxy groups -OCH3 is 1. The van der Waals surface area contributed by atoms with Crippen molar-refractivity contribution in [3.8, 4) is 0 Å². The number of nitrogens with one attached hydrogen (secondary N) is 1. The van der Waals surface area contributed by atoms with Gasteiger partial charge in [0.05, 0.1) is 17.4 Å². The van der Waals surface area contributed by atoms with Crippen LogP contribution in [0.15, 0.2) is 12.1 Å². The van der Waals surface area contributed by atoms with E-state index in [0.717, 1.165) is 12.5 Å². The summed E-state index contributed by atoms with van der Waals surface area (Å²) < 4.78 is 19.3. The lowest BCUT2D eigenvalue weighted by Crippen LogP contribution is -2.57. The molecule has 20 heavy (non-hydrogen) atoms. The van der Waals surface area contributed by atoms with E-state index in [1.165, 1.54) is 6.07 Å². The van der Waals surface area contributed by atoms with Gasteiger partial charge in [0.1, 0.15) is 5.82 Å². The van der Waals surface area contributed by atoms with Crippen LogP contribution in [0.1, 0.15) is 30.6 Å². The number of carbonyl (C=O) groups excluding carboxylic acids is 1. The highest BCUT2D eigenvalue weighted by Gasteiger charge is 2.48. The maximum atomic E-state index is 13.9. The van der Waals surface area contributed by atoms with Crippen molar-refractivity contribution in [1.82, 2.24) is 0 Å². The third-order valence-electron chi connectivity index (χ3n) is 4.20. The first-order chi connectivity index (χ1) is 9.27. The standard InChI is InChI=1S/C14H20FN3O2/c1-14(2)11(6-12(14)20-3)18-10-4-7(13(17)19)9(16)5-8(10)15/h4-5,11-12,18H,6,16H2,1-3H3,(H2,17,19). The summed E-state index contributed by atoms with van der Waals surface area (Å²) in [5.41, 5.74) is 11.1. The number of primary amides is 1. The molecule has 6 heteroatoms. The predicted octanol–water partition coefficient (Wildman–Crippen LogP) is 1.73. The number of amides is 1. The minimum atomic E-state index is -0.673. The molecule has 2 atom stereocenters. The fraction of sp³-hybridized carbons (Fsp3) is 0.500. The van der Waals surface area contributed by atoms with Crippen molar-refractivity contribution < 1.29 is 13.9 Å². The first-order valence-corrected chi connectivity index (χ1v) is 6.45. The molecular formula is C14H20FN3O2. The van der Waals surface area contributed by atoms with Crippen molar-refractivity contribution >= 4 is 17.3 Å². The number of anilines is 2. The number of benzene rings is 1. The van der Waals surface area contributed by atoms with Crippen molar-refractivity contribution in [2.45, 2.75) is 32.4 Å². The summed E-state index contributed by atoms with van der Waals surface area (Å²) in [7, 11) is 1.66. The minimum Gasteiger partial charge on any atom is -0.398 e. The lowest BCUT2D eigenvalue weighted by atomic mass is 9.64. The van der Waals surface area contributed by atoms with Crippen LogP contribution in [0.3, 0.4) is 0 Å². The largest absolute Gasteiger partial charge is 0.398 e. The highest BCUT2D eigenvalue weighted by atomic mass is 19.1. The molecule has 0 radical (unpaired) electrons. The van der Waals surface area contributed by atoms with Gasteiger partial charge in [-0.3, -0.25) is 4.79 Å². The van der Waals surface area contributed by atoms with Gasteiger partial charge in [0.25, 0.3) is 5.91 Å². The van der Waals surface area contributed by atoms with Crippen LogP contribution in [0.2, 0.25) is 0 Å². The summed E-state index contributed by atoms with van der Waals surface area (Å²) >= 11 is 0. The van der Waals surface area contributed by atoms with Gasteiger partial charge in [-0.2, -0.15) is 0 Å². The van der Waals surface area contributed by atoms with Crippen molar-refractivity contribution in [2.75, 3.05) is 18.2 Å². The van der Waals surface area contributed by atoms with Crippen molar-refractivity contribution in [3.63, 3.8) is 0 Å². The predicted molar refractivity (Wildman–Crippen MR) is 75.9 cm³/mol. The smallest absolute Gasteiger partial charge is 0.250 e. The van der Waals surface area contributed by atoms with E-state index in [2.05, 4.69) is 5.32 Å². The second-order valence-corrected chi connectivity index (χ2v) is 5.76. The molecule has 0 bridgehead atoms. The summed E-state index contributed by atoms with van der Waals surface area (Å²) in [6.07, 6.45) is 0.909. The molecule has 1 aromatic carbocycles. The van der Waals surface area contributed by atoms with E-state index in [-0.39, 0.29) is 34.5 Å². The third kappa shape index (κ3) is 2.31. The summed E-state index contributed by atoms with van der Waals surface area (Å²) in [5.74, 6) is -1.17. The maximum absolute atomic E-state index is 13.9. The molecule has 1 fully saturated rings. The van der Waals surface area contributed by atoms with E-state index in [1.807, 2.05) is 13.8 Å². The molecule has 2 unspecified atom stereocenters. The lowest BCUT2D eigenvalue weighted by Gasteiger charge is -2.51. The fourth-order valence-corrected chi connectivity index (χ4v) is 2.63. The molecule has 0 aromatic heterocycles. The summed E-state index contributed by atoms with van der Waals surface area (Å²) in [6, 6.07) is 2.54. The zero-order valence-electron chi connectivity index (χ0n) is 11.9. The fourth-order valence-electron chi connectivity index (χ4n) is 2.63. The molecule has 5 N–H and O–H groups in total. The number of nitrogen functional groups attached to an aromatic ring is 1. The number of nitrogens with two attached hydrogens (primary N) is 2. The summed E-state index contributed by atoms with van der Waals surface area (Å²) in [6.45, 7) is 4.10. The van der Waals surface area contributed by atoms with Crippen molar-refractivity contribution in [1.29, 1.82) is 0 Å². The normalized spacial score (nSPS) is 24.0. The van der Waals surface area contributed by atoms with E-state index < -0.39 is 11.7 Å². The first kappa shape index (κ1) is 14.6. The van der Waals surface area contributed by atoms with Crippen LogP contribution in [0.5, 0.6) is 0 Å². The van der Waals surface area contributed by atoms with Crippen LogP contribution >= 0.6 is 0 Å². The van der Waals surface area contributed by atoms with Crippen LogP contribution in [-0.2, 0) is 4.74 Å². The molecule has 0 saturated heterocycles. The summed E-state index contributed by atoms with van der Waals surface area (Å²) in [5, 5.41) is 3.11. The molecule has 5 nitrogen and oxygen atoms in total. The molecule has 1 aliphatic rings. The van der Waals surface area contributed by atoms with Gasteiger partial charge >= 0.3 is 0 Å². The molecule has 2 rings (SSSR count). The Bertz CT molecular complexity index is 545. The molecule has 110 valence electrons. The Labute approximate surface area is 117 Å². The van der Waals surface area contributed by atoms with Crippen LogP contribution in [0, 0.1) is 11.2 Å². The van der Waals surface area contributed by atoms with E-state index in [4.69, 9.17) is 16.2 Å². The third-order valence-corrected chi connectivity index (χ3v) is 4.20. The van der Waals surface area contributed by atoms with E-state index in [0.29, 0.717) is 0 Å². The van der Waals surface area contributed by atoms with Crippen molar-refractivity contribution in [2.24, 2.45) is 11.1 Å². The molecule has 1 amide bonds. The molecule has 0 aliphatic heterocycles. The highest BCUT2D eigenvalue weighted by molar-refractivity contribution is 5.99. The Balaban J connectivity index is 2.23. The SMILES string of the molecule is COC1CC(Nc2cc(C(N)=O)c(N)cc2F)C1(C)C. The maximum Gasteiger partial charge on any atom is 0.250 e. The molecular weight excluding hydrogens is 261 g/mol. The Morgan fingerprint density at radius 2 is 2.15 bits per heavy atom. The average molecular weight is 281 g/mol. The molecule has 1 aliphatic carbocycles. The van der Waals surface area contributed by atoms with Gasteiger partial charge in [0, 0.05) is 24.3 Å². The molecule has 1 saturated carbocycles. The monoisotopic (exact) mass is 281 g/mol. The quantitative estimate of drug-likeness (QED) is 0.733. The van der Waals surface area contributed by atoms with E-state index in [9.17, 15) is 9.18 Å².